The molecule has 19 heavy (non-hydrogen) atoms. The zero-order valence-corrected chi connectivity index (χ0v) is 11.0. The Hall–Kier alpha value is -2.08. The van der Waals surface area contributed by atoms with E-state index >= 15 is 0 Å². The molecule has 0 fully saturated rings. The van der Waals surface area contributed by atoms with E-state index in [1.807, 2.05) is 12.1 Å². The maximum Gasteiger partial charge on any atom is 0.419 e. The van der Waals surface area contributed by atoms with Crippen molar-refractivity contribution in [2.45, 2.75) is 19.3 Å². The minimum Gasteiger partial charge on any atom is -0.408 e. The number of aromatic nitrogens is 1. The number of hydrogen-bond donors (Lipinski definition) is 2. The van der Waals surface area contributed by atoms with Crippen LogP contribution < -0.4 is 16.6 Å². The molecule has 1 heterocycles. The summed E-state index contributed by atoms with van der Waals surface area (Å²) in [5.74, 6) is -0.389. The van der Waals surface area contributed by atoms with Gasteiger partial charge >= 0.3 is 5.76 Å². The predicted molar refractivity (Wildman–Crippen MR) is 71.6 cm³/mol. The molecule has 0 radical (unpaired) electrons. The summed E-state index contributed by atoms with van der Waals surface area (Å²) in [6.45, 7) is 0. The number of carbonyl (C=O) groups is 1. The van der Waals surface area contributed by atoms with E-state index in [2.05, 4.69) is 10.9 Å². The molecule has 0 saturated carbocycles. The lowest BCUT2D eigenvalue weighted by atomic mass is 10.1. The first-order chi connectivity index (χ1) is 9.11. The van der Waals surface area contributed by atoms with Crippen LogP contribution >= 0.6 is 0 Å². The summed E-state index contributed by atoms with van der Waals surface area (Å²) in [6, 6.07) is 5.64. The summed E-state index contributed by atoms with van der Waals surface area (Å²) in [7, 11) is 3.34. The van der Waals surface area contributed by atoms with Crippen molar-refractivity contribution in [3.8, 4) is 0 Å². The van der Waals surface area contributed by atoms with Gasteiger partial charge in [0.1, 0.15) is 0 Å². The van der Waals surface area contributed by atoms with Crippen LogP contribution in [0.25, 0.3) is 11.1 Å². The topological polar surface area (TPSA) is 76.3 Å². The van der Waals surface area contributed by atoms with Crippen LogP contribution in [0.4, 0.5) is 0 Å². The first-order valence-electron chi connectivity index (χ1n) is 6.16. The van der Waals surface area contributed by atoms with Crippen LogP contribution in [0, 0.1) is 0 Å². The SMILES string of the molecule is CNNC(=O)CCCc1ccc2oc(=O)n(C)c2c1. The molecule has 6 nitrogen and oxygen atoms in total. The number of benzene rings is 1. The molecule has 0 saturated heterocycles. The van der Waals surface area contributed by atoms with Gasteiger partial charge in [-0.1, -0.05) is 6.07 Å². The van der Waals surface area contributed by atoms with Crippen LogP contribution in [0.2, 0.25) is 0 Å². The number of hydrogen-bond acceptors (Lipinski definition) is 4. The molecule has 1 aromatic carbocycles. The number of oxazole rings is 1. The van der Waals surface area contributed by atoms with Gasteiger partial charge in [-0.05, 0) is 30.5 Å². The van der Waals surface area contributed by atoms with E-state index in [0.29, 0.717) is 12.0 Å². The molecule has 2 N–H and O–H groups in total. The lowest BCUT2D eigenvalue weighted by Gasteiger charge is -2.03. The van der Waals surface area contributed by atoms with E-state index < -0.39 is 0 Å². The van der Waals surface area contributed by atoms with Gasteiger partial charge in [-0.15, -0.1) is 0 Å². The Bertz CT molecular complexity index is 642. The van der Waals surface area contributed by atoms with Gasteiger partial charge in [-0.3, -0.25) is 14.8 Å². The summed E-state index contributed by atoms with van der Waals surface area (Å²) in [6.07, 6.45) is 2.00. The monoisotopic (exact) mass is 263 g/mol. The van der Waals surface area contributed by atoms with Crippen molar-refractivity contribution < 1.29 is 9.21 Å². The smallest absolute Gasteiger partial charge is 0.408 e. The second kappa shape index (κ2) is 5.71. The van der Waals surface area contributed by atoms with E-state index in [9.17, 15) is 9.59 Å². The van der Waals surface area contributed by atoms with Crippen LogP contribution in [0.3, 0.4) is 0 Å². The van der Waals surface area contributed by atoms with Gasteiger partial charge in [0.2, 0.25) is 5.91 Å². The average molecular weight is 263 g/mol. The van der Waals surface area contributed by atoms with Crippen molar-refractivity contribution in [2.75, 3.05) is 7.05 Å². The minimum atomic E-state index is -0.361. The molecular formula is C13H17N3O3. The van der Waals surface area contributed by atoms with Crippen LogP contribution in [-0.2, 0) is 18.3 Å². The van der Waals surface area contributed by atoms with Crippen molar-refractivity contribution in [3.63, 3.8) is 0 Å². The van der Waals surface area contributed by atoms with Gasteiger partial charge in [0, 0.05) is 20.5 Å². The second-order valence-electron chi connectivity index (χ2n) is 4.38. The lowest BCUT2D eigenvalue weighted by molar-refractivity contribution is -0.122. The standard InChI is InChI=1S/C13H17N3O3/c1-14-15-12(17)5-3-4-9-6-7-11-10(8-9)16(2)13(18)19-11/h6-8,14H,3-5H2,1-2H3,(H,15,17). The number of rotatable bonds is 5. The number of nitrogens with zero attached hydrogens (tertiary/aromatic N) is 1. The zero-order valence-electron chi connectivity index (χ0n) is 11.0. The van der Waals surface area contributed by atoms with Crippen molar-refractivity contribution >= 4 is 17.0 Å². The highest BCUT2D eigenvalue weighted by molar-refractivity contribution is 5.75. The lowest BCUT2D eigenvalue weighted by Crippen LogP contribution is -2.33. The molecule has 2 aromatic rings. The third-order valence-corrected chi connectivity index (χ3v) is 2.99. The molecule has 102 valence electrons. The van der Waals surface area contributed by atoms with Crippen molar-refractivity contribution in [1.29, 1.82) is 0 Å². The Morgan fingerprint density at radius 1 is 1.42 bits per heavy atom. The molecule has 0 aliphatic carbocycles. The Morgan fingerprint density at radius 3 is 2.95 bits per heavy atom. The van der Waals surface area contributed by atoms with E-state index in [0.717, 1.165) is 23.9 Å². The zero-order chi connectivity index (χ0) is 13.8. The van der Waals surface area contributed by atoms with Gasteiger partial charge in [0.15, 0.2) is 5.58 Å². The largest absolute Gasteiger partial charge is 0.419 e. The second-order valence-corrected chi connectivity index (χ2v) is 4.38. The van der Waals surface area contributed by atoms with Crippen LogP contribution in [-0.4, -0.2) is 17.5 Å². The number of hydrazine groups is 1. The summed E-state index contributed by atoms with van der Waals surface area (Å²) >= 11 is 0. The number of aryl methyl sites for hydroxylation is 2. The Balaban J connectivity index is 2.03. The van der Waals surface area contributed by atoms with Crippen molar-refractivity contribution in [2.24, 2.45) is 7.05 Å². The highest BCUT2D eigenvalue weighted by Gasteiger charge is 2.07. The van der Waals surface area contributed by atoms with Gasteiger partial charge in [-0.2, -0.15) is 0 Å². The minimum absolute atomic E-state index is 0.0284. The van der Waals surface area contributed by atoms with E-state index in [-0.39, 0.29) is 11.7 Å². The number of fused-ring (bicyclic) bond motifs is 1. The maximum atomic E-state index is 11.4. The maximum absolute atomic E-state index is 11.4. The molecule has 2 rings (SSSR count). The van der Waals surface area contributed by atoms with Crippen LogP contribution in [0.15, 0.2) is 27.4 Å². The fourth-order valence-electron chi connectivity index (χ4n) is 1.98. The Morgan fingerprint density at radius 2 is 2.21 bits per heavy atom. The third kappa shape index (κ3) is 3.03. The molecule has 6 heteroatoms. The molecular weight excluding hydrogens is 246 g/mol. The fourth-order valence-corrected chi connectivity index (χ4v) is 1.98. The van der Waals surface area contributed by atoms with Crippen molar-refractivity contribution in [3.05, 3.63) is 34.3 Å². The van der Waals surface area contributed by atoms with E-state index in [4.69, 9.17) is 4.42 Å². The molecule has 0 spiro atoms. The average Bonchev–Trinajstić information content (AvgIpc) is 2.66. The summed E-state index contributed by atoms with van der Waals surface area (Å²) in [5.41, 5.74) is 7.58. The first kappa shape index (κ1) is 13.4. The highest BCUT2D eigenvalue weighted by Crippen LogP contribution is 2.15. The normalized spacial score (nSPS) is 10.8. The quantitative estimate of drug-likeness (QED) is 0.779. The van der Waals surface area contributed by atoms with Crippen molar-refractivity contribution in [1.82, 2.24) is 15.4 Å². The Kier molecular flexibility index (Phi) is 4.01. The summed E-state index contributed by atoms with van der Waals surface area (Å²) in [4.78, 5) is 22.6. The molecule has 0 aliphatic rings. The van der Waals surface area contributed by atoms with E-state index in [1.165, 1.54) is 4.57 Å². The molecule has 1 aromatic heterocycles. The number of nitrogens with one attached hydrogen (secondary N) is 2. The third-order valence-electron chi connectivity index (χ3n) is 2.99. The van der Waals surface area contributed by atoms with Crippen LogP contribution in [0.1, 0.15) is 18.4 Å². The first-order valence-corrected chi connectivity index (χ1v) is 6.16. The van der Waals surface area contributed by atoms with E-state index in [1.54, 1.807) is 20.2 Å². The highest BCUT2D eigenvalue weighted by atomic mass is 16.4. The molecule has 0 unspecified atom stereocenters. The van der Waals surface area contributed by atoms with Gasteiger partial charge < -0.3 is 4.42 Å². The number of amides is 1. The molecule has 0 aliphatic heterocycles. The summed E-state index contributed by atoms with van der Waals surface area (Å²) < 4.78 is 6.54. The Labute approximate surface area is 110 Å². The van der Waals surface area contributed by atoms with Gasteiger partial charge in [-0.25, -0.2) is 10.2 Å². The van der Waals surface area contributed by atoms with Gasteiger partial charge in [0.05, 0.1) is 5.52 Å². The van der Waals surface area contributed by atoms with Crippen LogP contribution in [0.5, 0.6) is 0 Å². The predicted octanol–water partition coefficient (Wildman–Crippen LogP) is 0.705. The molecule has 0 atom stereocenters. The molecule has 1 amide bonds. The number of carbonyl (C=O) groups excluding carboxylic acids is 1. The summed E-state index contributed by atoms with van der Waals surface area (Å²) in [5, 5.41) is 0. The fraction of sp³-hybridized carbons (Fsp3) is 0.385. The molecule has 0 bridgehead atoms. The van der Waals surface area contributed by atoms with Gasteiger partial charge in [0.25, 0.3) is 0 Å².